The fraction of sp³-hybridized carbons (Fsp3) is 0.696. The van der Waals surface area contributed by atoms with Crippen LogP contribution in [0.3, 0.4) is 0 Å². The second-order valence-electron chi connectivity index (χ2n) is 11.1. The summed E-state index contributed by atoms with van der Waals surface area (Å²) in [5, 5.41) is 24.5. The monoisotopic (exact) mass is 601 g/mol. The van der Waals surface area contributed by atoms with E-state index in [1.807, 2.05) is 0 Å². The highest BCUT2D eigenvalue weighted by molar-refractivity contribution is 7.48. The number of aromatic nitrogens is 4. The van der Waals surface area contributed by atoms with E-state index in [-0.39, 0.29) is 48.6 Å². The Morgan fingerprint density at radius 3 is 2.68 bits per heavy atom. The number of anilines is 2. The number of nitrogen functional groups attached to an aromatic ring is 2. The molecule has 0 spiro atoms. The molecular weight excluding hydrogens is 565 g/mol. The van der Waals surface area contributed by atoms with Gasteiger partial charge in [0.05, 0.1) is 32.1 Å². The van der Waals surface area contributed by atoms with Gasteiger partial charge in [0, 0.05) is 12.0 Å². The van der Waals surface area contributed by atoms with Gasteiger partial charge in [0.15, 0.2) is 23.8 Å². The third kappa shape index (κ3) is 6.45. The molecule has 2 aliphatic heterocycles. The van der Waals surface area contributed by atoms with Gasteiger partial charge in [-0.25, -0.2) is 9.55 Å². The molecule has 7 N–H and O–H groups in total. The Kier molecular flexibility index (Phi) is 8.62. The number of aliphatic hydroxyl groups excluding tert-OH is 1. The molecule has 2 saturated heterocycles. The van der Waals surface area contributed by atoms with E-state index in [1.54, 1.807) is 27.7 Å². The lowest BCUT2D eigenvalue weighted by Gasteiger charge is -2.39. The largest absolute Gasteiger partial charge is 0.475 e. The molecule has 0 saturated carbocycles. The zero-order valence-electron chi connectivity index (χ0n) is 23.3. The van der Waals surface area contributed by atoms with Gasteiger partial charge in [-0.2, -0.15) is 9.97 Å². The van der Waals surface area contributed by atoms with Crippen LogP contribution >= 0.6 is 7.82 Å². The third-order valence-electron chi connectivity index (χ3n) is 6.64. The van der Waals surface area contributed by atoms with Gasteiger partial charge in [0.25, 0.3) is 0 Å². The molecule has 0 bridgehead atoms. The minimum atomic E-state index is -4.32. The maximum atomic E-state index is 13.3. The fourth-order valence-corrected chi connectivity index (χ4v) is 6.12. The van der Waals surface area contributed by atoms with E-state index in [0.29, 0.717) is 0 Å². The summed E-state index contributed by atoms with van der Waals surface area (Å²) in [5.41, 5.74) is 9.15. The van der Waals surface area contributed by atoms with Crippen LogP contribution in [0.2, 0.25) is 0 Å². The van der Waals surface area contributed by atoms with Gasteiger partial charge >= 0.3 is 13.8 Å². The van der Waals surface area contributed by atoms with Crippen molar-refractivity contribution in [3.63, 3.8) is 0 Å². The van der Waals surface area contributed by atoms with Crippen LogP contribution in [0.4, 0.5) is 11.8 Å². The Bertz CT molecular complexity index is 1350. The first kappa shape index (κ1) is 31.0. The van der Waals surface area contributed by atoms with Crippen molar-refractivity contribution in [1.29, 1.82) is 0 Å². The quantitative estimate of drug-likeness (QED) is 0.188. The SMILES string of the molecule is CC(C)OC(=O)CCNC(=O)[C@@H]1OP(=O)(OC[C@H]2O[C@@H](n3cnc4c(N)nc(N)nc43)[C@](C)(O)[C@@H]2O)OCC1(C)C. The first-order valence-corrected chi connectivity index (χ1v) is 14.4. The van der Waals surface area contributed by atoms with Crippen LogP contribution in [0.1, 0.15) is 47.3 Å². The van der Waals surface area contributed by atoms with E-state index in [9.17, 15) is 24.4 Å². The minimum absolute atomic E-state index is 0.0178. The van der Waals surface area contributed by atoms with Crippen LogP contribution in [-0.2, 0) is 37.2 Å². The number of esters is 1. The van der Waals surface area contributed by atoms with Gasteiger partial charge in [0.1, 0.15) is 23.3 Å². The predicted molar refractivity (Wildman–Crippen MR) is 142 cm³/mol. The van der Waals surface area contributed by atoms with Gasteiger partial charge in [0.2, 0.25) is 11.9 Å². The number of carbonyl (C=O) groups is 2. The normalized spacial score (nSPS) is 31.4. The molecule has 2 aromatic heterocycles. The number of ether oxygens (including phenoxy) is 2. The van der Waals surface area contributed by atoms with Crippen molar-refractivity contribution in [2.75, 3.05) is 31.2 Å². The molecule has 17 nitrogen and oxygen atoms in total. The highest BCUT2D eigenvalue weighted by Gasteiger charge is 2.55. The molecule has 41 heavy (non-hydrogen) atoms. The van der Waals surface area contributed by atoms with Gasteiger partial charge in [-0.15, -0.1) is 0 Å². The Balaban J connectivity index is 1.42. The van der Waals surface area contributed by atoms with Gasteiger partial charge < -0.3 is 36.5 Å². The minimum Gasteiger partial charge on any atom is -0.463 e. The van der Waals surface area contributed by atoms with Crippen molar-refractivity contribution in [2.24, 2.45) is 5.41 Å². The maximum Gasteiger partial charge on any atom is 0.475 e. The number of amides is 1. The summed E-state index contributed by atoms with van der Waals surface area (Å²) in [6.07, 6.45) is -4.26. The number of carbonyl (C=O) groups excluding carboxylic acids is 2. The van der Waals surface area contributed by atoms with Crippen LogP contribution < -0.4 is 16.8 Å². The Hall–Kier alpha value is -2.92. The number of rotatable bonds is 9. The van der Waals surface area contributed by atoms with Crippen molar-refractivity contribution in [2.45, 2.75) is 77.3 Å². The second kappa shape index (κ2) is 11.4. The molecule has 1 amide bonds. The average Bonchev–Trinajstić information content (AvgIpc) is 3.37. The van der Waals surface area contributed by atoms with Crippen LogP contribution in [0, 0.1) is 5.41 Å². The van der Waals surface area contributed by atoms with E-state index in [1.165, 1.54) is 17.8 Å². The van der Waals surface area contributed by atoms with Crippen LogP contribution in [-0.4, -0.2) is 91.4 Å². The molecule has 0 aromatic carbocycles. The lowest BCUT2D eigenvalue weighted by Crippen LogP contribution is -2.50. The van der Waals surface area contributed by atoms with Gasteiger partial charge in [-0.3, -0.25) is 27.7 Å². The summed E-state index contributed by atoms with van der Waals surface area (Å²) in [6.45, 7) is 7.40. The summed E-state index contributed by atoms with van der Waals surface area (Å²) < 4.78 is 41.9. The van der Waals surface area contributed by atoms with Crippen molar-refractivity contribution in [1.82, 2.24) is 24.8 Å². The van der Waals surface area contributed by atoms with E-state index in [2.05, 4.69) is 20.3 Å². The molecule has 0 aliphatic carbocycles. The first-order valence-electron chi connectivity index (χ1n) is 12.9. The molecule has 228 valence electrons. The van der Waals surface area contributed by atoms with E-state index >= 15 is 0 Å². The van der Waals surface area contributed by atoms with Crippen molar-refractivity contribution < 1.29 is 47.4 Å². The van der Waals surface area contributed by atoms with E-state index in [4.69, 9.17) is 34.5 Å². The highest BCUT2D eigenvalue weighted by atomic mass is 31.2. The number of hydrogen-bond acceptors (Lipinski definition) is 15. The predicted octanol–water partition coefficient (Wildman–Crippen LogP) is 0.0242. The number of hydrogen-bond donors (Lipinski definition) is 5. The standard InChI is InChI=1S/C23H36N7O10P/c1-11(2)38-13(31)6-7-26-19(33)16-22(3,4)9-37-41(35,40-16)36-8-12-15(32)23(5,34)20(39-12)30-10-27-14-17(24)28-21(25)29-18(14)30/h10-12,15-16,20,32,34H,6-9H2,1-5H3,(H,26,33)(H4,24,25,28,29)/t12-,15-,16+,20-,23-,41?/m1/s1. The number of fused-ring (bicyclic) bond motifs is 1. The summed E-state index contributed by atoms with van der Waals surface area (Å²) in [6, 6.07) is 0. The molecule has 1 unspecified atom stereocenters. The second-order valence-corrected chi connectivity index (χ2v) is 12.7. The Morgan fingerprint density at radius 1 is 1.29 bits per heavy atom. The van der Waals surface area contributed by atoms with Gasteiger partial charge in [-0.1, -0.05) is 13.8 Å². The maximum absolute atomic E-state index is 13.3. The van der Waals surface area contributed by atoms with Gasteiger partial charge in [-0.05, 0) is 20.8 Å². The topological polar surface area (TPSA) is 245 Å². The van der Waals surface area contributed by atoms with Crippen molar-refractivity contribution in [3.8, 4) is 0 Å². The lowest BCUT2D eigenvalue weighted by atomic mass is 9.87. The number of imidazole rings is 1. The molecule has 0 radical (unpaired) electrons. The Morgan fingerprint density at radius 2 is 2.00 bits per heavy atom. The first-order chi connectivity index (χ1) is 19.0. The lowest BCUT2D eigenvalue weighted by molar-refractivity contribution is -0.147. The Labute approximate surface area is 235 Å². The summed E-state index contributed by atoms with van der Waals surface area (Å²) in [7, 11) is -4.32. The van der Waals surface area contributed by atoms with Crippen molar-refractivity contribution in [3.05, 3.63) is 6.33 Å². The zero-order chi connectivity index (χ0) is 30.3. The fourth-order valence-electron chi connectivity index (χ4n) is 4.47. The number of aliphatic hydroxyl groups is 2. The molecule has 4 heterocycles. The number of nitrogens with two attached hydrogens (primary N) is 2. The third-order valence-corrected chi connectivity index (χ3v) is 8.02. The zero-order valence-corrected chi connectivity index (χ0v) is 24.2. The smallest absolute Gasteiger partial charge is 0.463 e. The number of nitrogens with zero attached hydrogens (tertiary/aromatic N) is 4. The molecule has 2 aromatic rings. The average molecular weight is 602 g/mol. The molecule has 4 rings (SSSR count). The summed E-state index contributed by atoms with van der Waals surface area (Å²) in [4.78, 5) is 36.7. The molecule has 18 heteroatoms. The molecule has 2 fully saturated rings. The molecular formula is C23H36N7O10P. The van der Waals surface area contributed by atoms with E-state index < -0.39 is 61.9 Å². The summed E-state index contributed by atoms with van der Waals surface area (Å²) >= 11 is 0. The highest BCUT2D eigenvalue weighted by Crippen LogP contribution is 2.57. The molecule has 2 aliphatic rings. The van der Waals surface area contributed by atoms with Crippen LogP contribution in [0.15, 0.2) is 6.33 Å². The number of phosphoric ester groups is 1. The van der Waals surface area contributed by atoms with Crippen LogP contribution in [0.5, 0.6) is 0 Å². The van der Waals surface area contributed by atoms with Crippen molar-refractivity contribution >= 4 is 42.6 Å². The molecule has 6 atom stereocenters. The van der Waals surface area contributed by atoms with Crippen LogP contribution in [0.25, 0.3) is 11.2 Å². The van der Waals surface area contributed by atoms with E-state index in [0.717, 1.165) is 0 Å². The summed E-state index contributed by atoms with van der Waals surface area (Å²) in [5.74, 6) is -1.21. The number of phosphoric acid groups is 1. The number of nitrogens with one attached hydrogen (secondary N) is 1.